The second kappa shape index (κ2) is 12.6. The number of nitrogens with one attached hydrogen (secondary N) is 2. The summed E-state index contributed by atoms with van der Waals surface area (Å²) in [5.41, 5.74) is 9.81. The zero-order valence-corrected chi connectivity index (χ0v) is 24.4. The Labute approximate surface area is 256 Å². The molecule has 0 bridgehead atoms. The Morgan fingerprint density at radius 2 is 1.91 bits per heavy atom. The molecule has 2 atom stereocenters. The molecule has 43 heavy (non-hydrogen) atoms. The summed E-state index contributed by atoms with van der Waals surface area (Å²) in [7, 11) is 1.89. The van der Waals surface area contributed by atoms with Crippen molar-refractivity contribution in [3.05, 3.63) is 112 Å². The standard InChI is InChI=1S/C32H31BClFN8/c33-32(22-8-10-23(35)11-9-22,29(38)19-43(39)25-12-13-25)42-24-15-26-30(21(17-37)18-40-31(26)27(34)16-24)41-28(7-4-14-36)20-5-2-1-3-6-20/h1-3,5-6,8-11,15-16,18-19,25,28,42H,4,7,12-13,33,38-39H2,(H,40,41)/b29-19-. The molecule has 0 amide bonds. The molecule has 4 aromatic rings. The van der Waals surface area contributed by atoms with Crippen molar-refractivity contribution >= 4 is 41.7 Å². The second-order valence-corrected chi connectivity index (χ2v) is 11.2. The zero-order chi connectivity index (χ0) is 30.6. The Bertz CT molecular complexity index is 1730. The lowest BCUT2D eigenvalue weighted by atomic mass is 9.69. The van der Waals surface area contributed by atoms with Crippen molar-refractivity contribution in [1.82, 2.24) is 9.99 Å². The van der Waals surface area contributed by atoms with Crippen LogP contribution < -0.4 is 22.2 Å². The quantitative estimate of drug-likeness (QED) is 0.103. The highest BCUT2D eigenvalue weighted by Gasteiger charge is 2.33. The Kier molecular flexibility index (Phi) is 8.72. The van der Waals surface area contributed by atoms with Crippen molar-refractivity contribution in [2.45, 2.75) is 43.2 Å². The predicted octanol–water partition coefficient (Wildman–Crippen LogP) is 5.39. The minimum atomic E-state index is -1.01. The minimum absolute atomic E-state index is 0.230. The highest BCUT2D eigenvalue weighted by Crippen LogP contribution is 2.38. The van der Waals surface area contributed by atoms with Crippen LogP contribution in [0.4, 0.5) is 15.8 Å². The Morgan fingerprint density at radius 1 is 1.19 bits per heavy atom. The summed E-state index contributed by atoms with van der Waals surface area (Å²) in [4.78, 5) is 4.49. The molecule has 0 radical (unpaired) electrons. The molecule has 1 heterocycles. The fraction of sp³-hybridized carbons (Fsp3) is 0.219. The summed E-state index contributed by atoms with van der Waals surface area (Å²) in [6, 6.07) is 23.9. The molecule has 1 aliphatic rings. The summed E-state index contributed by atoms with van der Waals surface area (Å²) in [5.74, 6) is 5.89. The summed E-state index contributed by atoms with van der Waals surface area (Å²) in [6.45, 7) is 0. The maximum atomic E-state index is 13.9. The van der Waals surface area contributed by atoms with Gasteiger partial charge in [-0.2, -0.15) is 10.5 Å². The molecule has 1 aromatic heterocycles. The van der Waals surface area contributed by atoms with E-state index in [9.17, 15) is 14.9 Å². The van der Waals surface area contributed by atoms with E-state index in [4.69, 9.17) is 23.2 Å². The number of pyridine rings is 1. The van der Waals surface area contributed by atoms with Crippen molar-refractivity contribution in [2.75, 3.05) is 10.6 Å². The van der Waals surface area contributed by atoms with Gasteiger partial charge in [-0.3, -0.25) is 4.98 Å². The molecule has 1 saturated carbocycles. The molecular formula is C32H31BClFN8. The first-order valence-corrected chi connectivity index (χ1v) is 14.4. The summed E-state index contributed by atoms with van der Waals surface area (Å²) in [5, 5.41) is 29.0. The van der Waals surface area contributed by atoms with Crippen molar-refractivity contribution in [3.63, 3.8) is 0 Å². The van der Waals surface area contributed by atoms with Gasteiger partial charge in [0.15, 0.2) is 0 Å². The first-order chi connectivity index (χ1) is 20.7. The van der Waals surface area contributed by atoms with Crippen molar-refractivity contribution in [2.24, 2.45) is 11.6 Å². The molecule has 11 heteroatoms. The van der Waals surface area contributed by atoms with Crippen LogP contribution in [0, 0.1) is 28.5 Å². The number of nitriles is 2. The van der Waals surface area contributed by atoms with Crippen LogP contribution in [0.15, 0.2) is 84.8 Å². The Balaban J connectivity index is 1.61. The molecule has 6 N–H and O–H groups in total. The van der Waals surface area contributed by atoms with E-state index in [1.807, 2.05) is 44.2 Å². The van der Waals surface area contributed by atoms with Crippen molar-refractivity contribution in [3.8, 4) is 12.1 Å². The normalized spacial score (nSPS) is 15.1. The number of halogens is 2. The third kappa shape index (κ3) is 6.51. The van der Waals surface area contributed by atoms with Gasteiger partial charge in [-0.25, -0.2) is 10.2 Å². The van der Waals surface area contributed by atoms with Crippen molar-refractivity contribution in [1.29, 1.82) is 10.5 Å². The first-order valence-electron chi connectivity index (χ1n) is 14.0. The van der Waals surface area contributed by atoms with Gasteiger partial charge in [0, 0.05) is 41.6 Å². The lowest BCUT2D eigenvalue weighted by Crippen LogP contribution is -2.43. The number of aromatic nitrogens is 1. The van der Waals surface area contributed by atoms with Gasteiger partial charge in [-0.1, -0.05) is 54.1 Å². The van der Waals surface area contributed by atoms with E-state index in [0.29, 0.717) is 57.0 Å². The number of hydrazine groups is 1. The number of nitrogens with two attached hydrogens (primary N) is 2. The van der Waals surface area contributed by atoms with Crippen LogP contribution in [-0.4, -0.2) is 23.9 Å². The molecule has 216 valence electrons. The number of fused-ring (bicyclic) bond motifs is 1. The summed E-state index contributed by atoms with van der Waals surface area (Å²) in [6.07, 6.45) is 6.03. The SMILES string of the molecule is BC(Nc1cc(Cl)c2ncc(C#N)c(NC(CCC#N)c3ccccc3)c2c1)(/C(N)=C/N(N)C1CC1)c1ccc(F)cc1. The van der Waals surface area contributed by atoms with E-state index >= 15 is 0 Å². The maximum Gasteiger partial charge on any atom is 0.148 e. The number of benzene rings is 3. The zero-order valence-electron chi connectivity index (χ0n) is 23.7. The van der Waals surface area contributed by atoms with Gasteiger partial charge in [-0.15, -0.1) is 0 Å². The van der Waals surface area contributed by atoms with Gasteiger partial charge in [0.25, 0.3) is 0 Å². The van der Waals surface area contributed by atoms with Gasteiger partial charge in [0.05, 0.1) is 39.3 Å². The number of anilines is 2. The third-order valence-electron chi connectivity index (χ3n) is 7.76. The minimum Gasteiger partial charge on any atom is -0.399 e. The largest absolute Gasteiger partial charge is 0.399 e. The third-order valence-corrected chi connectivity index (χ3v) is 8.05. The molecule has 3 aromatic carbocycles. The van der Waals surface area contributed by atoms with E-state index in [1.165, 1.54) is 18.3 Å². The highest BCUT2D eigenvalue weighted by atomic mass is 35.5. The lowest BCUT2D eigenvalue weighted by Gasteiger charge is -2.35. The molecule has 2 unspecified atom stereocenters. The summed E-state index contributed by atoms with van der Waals surface area (Å²) >= 11 is 6.80. The van der Waals surface area contributed by atoms with Gasteiger partial charge in [0.2, 0.25) is 0 Å². The molecule has 0 aliphatic heterocycles. The average molecular weight is 593 g/mol. The van der Waals surface area contributed by atoms with E-state index in [1.54, 1.807) is 29.4 Å². The van der Waals surface area contributed by atoms with Crippen LogP contribution in [0.3, 0.4) is 0 Å². The molecule has 0 spiro atoms. The van der Waals surface area contributed by atoms with E-state index in [2.05, 4.69) is 27.8 Å². The number of hydrogen-bond donors (Lipinski definition) is 4. The fourth-order valence-electron chi connectivity index (χ4n) is 5.11. The van der Waals surface area contributed by atoms with Crippen molar-refractivity contribution < 1.29 is 4.39 Å². The van der Waals surface area contributed by atoms with E-state index < -0.39 is 5.44 Å². The number of hydrogen-bond acceptors (Lipinski definition) is 8. The predicted molar refractivity (Wildman–Crippen MR) is 171 cm³/mol. The van der Waals surface area contributed by atoms with Gasteiger partial charge in [-0.05, 0) is 54.7 Å². The van der Waals surface area contributed by atoms with E-state index in [0.717, 1.165) is 18.4 Å². The molecule has 1 fully saturated rings. The van der Waals surface area contributed by atoms with Crippen LogP contribution in [0.2, 0.25) is 5.02 Å². The highest BCUT2D eigenvalue weighted by molar-refractivity contribution is 6.36. The molecule has 0 saturated heterocycles. The van der Waals surface area contributed by atoms with Crippen LogP contribution in [-0.2, 0) is 5.44 Å². The maximum absolute atomic E-state index is 13.9. The molecule has 5 rings (SSSR count). The Hall–Kier alpha value is -4.77. The number of nitrogens with zero attached hydrogens (tertiary/aromatic N) is 4. The topological polar surface area (TPSA) is 140 Å². The summed E-state index contributed by atoms with van der Waals surface area (Å²) < 4.78 is 13.9. The van der Waals surface area contributed by atoms with E-state index in [-0.39, 0.29) is 17.9 Å². The molecule has 8 nitrogen and oxygen atoms in total. The van der Waals surface area contributed by atoms with Crippen LogP contribution in [0.1, 0.15) is 48.4 Å². The molecule has 1 aliphatic carbocycles. The fourth-order valence-corrected chi connectivity index (χ4v) is 5.38. The van der Waals surface area contributed by atoms with Gasteiger partial charge < -0.3 is 21.4 Å². The Morgan fingerprint density at radius 3 is 2.56 bits per heavy atom. The van der Waals surface area contributed by atoms with Crippen LogP contribution >= 0.6 is 11.6 Å². The average Bonchev–Trinajstić information content (AvgIpc) is 3.86. The lowest BCUT2D eigenvalue weighted by molar-refractivity contribution is 0.377. The van der Waals surface area contributed by atoms with Crippen LogP contribution in [0.5, 0.6) is 0 Å². The monoisotopic (exact) mass is 592 g/mol. The second-order valence-electron chi connectivity index (χ2n) is 10.8. The van der Waals surface area contributed by atoms with Gasteiger partial charge in [0.1, 0.15) is 19.7 Å². The molecular weight excluding hydrogens is 562 g/mol. The van der Waals surface area contributed by atoms with Gasteiger partial charge >= 0.3 is 0 Å². The van der Waals surface area contributed by atoms with Crippen LogP contribution in [0.25, 0.3) is 10.9 Å². The number of rotatable bonds is 11. The first kappa shape index (κ1) is 29.7. The smallest absolute Gasteiger partial charge is 0.148 e.